The molecule has 0 saturated heterocycles. The fourth-order valence-electron chi connectivity index (χ4n) is 13.1. The van der Waals surface area contributed by atoms with Crippen LogP contribution in [0.15, 0.2) is 97.1 Å². The van der Waals surface area contributed by atoms with E-state index in [4.69, 9.17) is 23.2 Å². The summed E-state index contributed by atoms with van der Waals surface area (Å²) in [6.45, 7) is 0. The Morgan fingerprint density at radius 3 is 0.593 bits per heavy atom. The van der Waals surface area contributed by atoms with Crippen molar-refractivity contribution in [2.24, 2.45) is 0 Å². The molecule has 8 bridgehead atoms. The van der Waals surface area contributed by atoms with Crippen LogP contribution >= 0.6 is 23.2 Å². The van der Waals surface area contributed by atoms with E-state index in [1.165, 1.54) is 150 Å². The maximum absolute atomic E-state index is 7.79. The summed E-state index contributed by atoms with van der Waals surface area (Å²) in [6.07, 6.45) is 29.7. The normalized spacial score (nSPS) is 29.9. The number of benzene rings is 6. The Balaban J connectivity index is 1.20. The second-order valence-electron chi connectivity index (χ2n) is 18.2. The number of hydrogen-bond donors (Lipinski definition) is 0. The lowest BCUT2D eigenvalue weighted by molar-refractivity contribution is 0.554. The fraction of sp³-hybridized carbons (Fsp3) is 0.308. The molecule has 0 amide bonds. The average Bonchev–Trinajstić information content (AvgIpc) is 3.24. The molecular weight excluding hydrogens is 695 g/mol. The molecule has 0 aromatic heterocycles. The fourth-order valence-corrected chi connectivity index (χ4v) is 13.8. The van der Waals surface area contributed by atoms with Crippen LogP contribution in [0.1, 0.15) is 143 Å². The van der Waals surface area contributed by atoms with Gasteiger partial charge < -0.3 is 0 Å². The largest absolute Gasteiger partial charge is 0.0830 e. The third-order valence-electron chi connectivity index (χ3n) is 15.8. The highest BCUT2D eigenvalue weighted by Gasteiger charge is 2.36. The van der Waals surface area contributed by atoms with Gasteiger partial charge in [0.2, 0.25) is 0 Å². The maximum Gasteiger partial charge on any atom is 0.0563 e. The smallest absolute Gasteiger partial charge is 0.0563 e. The van der Waals surface area contributed by atoms with E-state index in [0.717, 1.165) is 10.0 Å². The van der Waals surface area contributed by atoms with Gasteiger partial charge in [-0.15, -0.1) is 0 Å². The predicted octanol–water partition coefficient (Wildman–Crippen LogP) is 15.4. The summed E-state index contributed by atoms with van der Waals surface area (Å²) in [5, 5.41) is 12.0. The van der Waals surface area contributed by atoms with Gasteiger partial charge in [-0.3, -0.25) is 0 Å². The number of allylic oxidation sites excluding steroid dienone is 8. The van der Waals surface area contributed by atoms with Crippen LogP contribution < -0.4 is 0 Å². The lowest BCUT2D eigenvalue weighted by atomic mass is 9.68. The van der Waals surface area contributed by atoms with Crippen LogP contribution in [0, 0.1) is 0 Å². The van der Waals surface area contributed by atoms with Crippen molar-refractivity contribution in [3.63, 3.8) is 0 Å². The zero-order valence-corrected chi connectivity index (χ0v) is 31.8. The molecule has 0 radical (unpaired) electrons. The summed E-state index contributed by atoms with van der Waals surface area (Å²) in [6, 6.07) is 20.4. The lowest BCUT2D eigenvalue weighted by Gasteiger charge is -2.36. The number of rotatable bonds is 1. The Labute approximate surface area is 326 Å². The van der Waals surface area contributed by atoms with Gasteiger partial charge in [-0.25, -0.2) is 0 Å². The standard InChI is InChI=1S/C52H40Cl2/c53-51-45-21-37-29-9-1-25(2-10-29)33(37)17-41(45)49(42-18-34-26-3-11-30(12-4-26)38(34)22-46(42)51)50-43-19-35-27-5-13-31(14-6-27)39(35)23-47(43)52(54)48-24-40-32-15-7-28(8-16-32)36(40)20-44(48)50/h1,3,5,7,9,11,13,15,17-32H,2,4,6,8,10,12,14,16H2. The maximum atomic E-state index is 7.79. The third kappa shape index (κ3) is 3.74. The zero-order chi connectivity index (χ0) is 35.1. The SMILES string of the molecule is Clc1c2cc3c(cc2c(-c2c4cc5c(cc4c(Cl)c4cc6c(cc24)C2C=CC6CC2)C2C=CC5CC2)c2cc4c(cc12)C1C=CC4CC1)C1C=CC3CC1. The summed E-state index contributed by atoms with van der Waals surface area (Å²) in [7, 11) is 0. The van der Waals surface area contributed by atoms with Crippen molar-refractivity contribution in [2.75, 3.05) is 0 Å². The van der Waals surface area contributed by atoms with Crippen LogP contribution in [0.2, 0.25) is 10.0 Å². The molecule has 6 aromatic carbocycles. The van der Waals surface area contributed by atoms with E-state index in [-0.39, 0.29) is 0 Å². The van der Waals surface area contributed by atoms with Crippen LogP contribution in [-0.2, 0) is 0 Å². The molecule has 54 heavy (non-hydrogen) atoms. The number of halogens is 2. The van der Waals surface area contributed by atoms with Gasteiger partial charge in [-0.1, -0.05) is 71.8 Å². The quantitative estimate of drug-likeness (QED) is 0.117. The number of fused-ring (bicyclic) bond motifs is 8. The molecule has 0 nitrogen and oxygen atoms in total. The van der Waals surface area contributed by atoms with Crippen LogP contribution in [0.5, 0.6) is 0 Å². The second kappa shape index (κ2) is 10.4. The van der Waals surface area contributed by atoms with Crippen molar-refractivity contribution in [1.29, 1.82) is 0 Å². The summed E-state index contributed by atoms with van der Waals surface area (Å²) < 4.78 is 0. The van der Waals surface area contributed by atoms with Crippen molar-refractivity contribution < 1.29 is 0 Å². The molecule has 0 saturated carbocycles. The first-order valence-corrected chi connectivity index (χ1v) is 21.6. The van der Waals surface area contributed by atoms with Crippen molar-refractivity contribution >= 4 is 66.3 Å². The van der Waals surface area contributed by atoms with Gasteiger partial charge in [0, 0.05) is 68.9 Å². The Morgan fingerprint density at radius 1 is 0.259 bits per heavy atom. The van der Waals surface area contributed by atoms with Crippen molar-refractivity contribution in [3.8, 4) is 11.1 Å². The highest BCUT2D eigenvalue weighted by molar-refractivity contribution is 6.45. The van der Waals surface area contributed by atoms with E-state index >= 15 is 0 Å². The highest BCUT2D eigenvalue weighted by Crippen LogP contribution is 2.57. The van der Waals surface area contributed by atoms with E-state index in [1.54, 1.807) is 0 Å². The van der Waals surface area contributed by atoms with Gasteiger partial charge in [-0.05, 0) is 177 Å². The minimum Gasteiger partial charge on any atom is -0.0830 e. The summed E-state index contributed by atoms with van der Waals surface area (Å²) in [4.78, 5) is 0. The van der Waals surface area contributed by atoms with E-state index in [9.17, 15) is 0 Å². The minimum absolute atomic E-state index is 0.476. The molecule has 8 atom stereocenters. The van der Waals surface area contributed by atoms with Crippen molar-refractivity contribution in [3.05, 3.63) is 152 Å². The molecule has 0 aliphatic heterocycles. The highest BCUT2D eigenvalue weighted by atomic mass is 35.5. The van der Waals surface area contributed by atoms with Gasteiger partial charge >= 0.3 is 0 Å². The third-order valence-corrected chi connectivity index (χ3v) is 16.6. The summed E-state index contributed by atoms with van der Waals surface area (Å²) in [5.41, 5.74) is 14.8. The van der Waals surface area contributed by atoms with E-state index in [0.29, 0.717) is 47.3 Å². The molecule has 0 N–H and O–H groups in total. The van der Waals surface area contributed by atoms with Gasteiger partial charge in [-0.2, -0.15) is 0 Å². The van der Waals surface area contributed by atoms with Crippen LogP contribution in [-0.4, -0.2) is 0 Å². The predicted molar refractivity (Wildman–Crippen MR) is 227 cm³/mol. The molecule has 2 heteroatoms. The molecule has 0 fully saturated rings. The molecule has 18 rings (SSSR count). The van der Waals surface area contributed by atoms with E-state index in [1.807, 2.05) is 0 Å². The first-order valence-electron chi connectivity index (χ1n) is 20.8. The lowest BCUT2D eigenvalue weighted by Crippen LogP contribution is -2.18. The average molecular weight is 736 g/mol. The Bertz CT molecular complexity index is 2530. The molecule has 6 aromatic rings. The molecule has 0 heterocycles. The Morgan fingerprint density at radius 2 is 0.426 bits per heavy atom. The van der Waals surface area contributed by atoms with Crippen molar-refractivity contribution in [2.45, 2.75) is 98.7 Å². The second-order valence-corrected chi connectivity index (χ2v) is 18.9. The van der Waals surface area contributed by atoms with E-state index in [2.05, 4.69) is 97.1 Å². The topological polar surface area (TPSA) is 0 Å². The van der Waals surface area contributed by atoms with Gasteiger partial charge in [0.05, 0.1) is 10.0 Å². The minimum atomic E-state index is 0.476. The first kappa shape index (κ1) is 30.2. The Kier molecular flexibility index (Phi) is 5.80. The van der Waals surface area contributed by atoms with Crippen molar-refractivity contribution in [1.82, 2.24) is 0 Å². The molecule has 262 valence electrons. The van der Waals surface area contributed by atoms with Crippen LogP contribution in [0.4, 0.5) is 0 Å². The van der Waals surface area contributed by atoms with Gasteiger partial charge in [0.1, 0.15) is 0 Å². The Hall–Kier alpha value is -4.10. The molecule has 12 aliphatic rings. The molecule has 0 spiro atoms. The summed E-state index contributed by atoms with van der Waals surface area (Å²) in [5.74, 6) is 3.83. The van der Waals surface area contributed by atoms with Crippen LogP contribution in [0.25, 0.3) is 54.2 Å². The van der Waals surface area contributed by atoms with Gasteiger partial charge in [0.25, 0.3) is 0 Å². The van der Waals surface area contributed by atoms with Crippen LogP contribution in [0.3, 0.4) is 0 Å². The first-order chi connectivity index (χ1) is 26.6. The molecule has 12 aliphatic carbocycles. The monoisotopic (exact) mass is 734 g/mol. The summed E-state index contributed by atoms with van der Waals surface area (Å²) >= 11 is 15.6. The molecule has 8 unspecified atom stereocenters. The number of hydrogen-bond acceptors (Lipinski definition) is 0. The molecular formula is C52H40Cl2. The zero-order valence-electron chi connectivity index (χ0n) is 30.3. The van der Waals surface area contributed by atoms with E-state index < -0.39 is 0 Å². The van der Waals surface area contributed by atoms with Gasteiger partial charge in [0.15, 0.2) is 0 Å².